The van der Waals surface area contributed by atoms with Crippen LogP contribution < -0.4 is 15.0 Å². The molecular weight excluding hydrogens is 242 g/mol. The maximum absolute atomic E-state index is 5.31. The van der Waals surface area contributed by atoms with Crippen molar-refractivity contribution in [2.75, 3.05) is 25.3 Å². The summed E-state index contributed by atoms with van der Waals surface area (Å²) < 4.78 is 10.6. The average Bonchev–Trinajstić information content (AvgIpc) is 2.84. The molecule has 0 saturated heterocycles. The summed E-state index contributed by atoms with van der Waals surface area (Å²) in [6.45, 7) is 8.89. The summed E-state index contributed by atoms with van der Waals surface area (Å²) >= 11 is 0. The van der Waals surface area contributed by atoms with Gasteiger partial charge in [-0.3, -0.25) is 0 Å². The summed E-state index contributed by atoms with van der Waals surface area (Å²) in [5, 5.41) is 3.20. The van der Waals surface area contributed by atoms with Crippen molar-refractivity contribution in [1.82, 2.24) is 10.3 Å². The van der Waals surface area contributed by atoms with E-state index >= 15 is 0 Å². The molecule has 1 aliphatic heterocycles. The van der Waals surface area contributed by atoms with Crippen LogP contribution in [0, 0.1) is 12.1 Å². The van der Waals surface area contributed by atoms with E-state index in [0.29, 0.717) is 30.6 Å². The highest BCUT2D eigenvalue weighted by Crippen LogP contribution is 2.26. The highest BCUT2D eigenvalue weighted by molar-refractivity contribution is 5.60. The first-order valence-corrected chi connectivity index (χ1v) is 6.05. The fourth-order valence-electron chi connectivity index (χ4n) is 1.74. The molecule has 5 nitrogen and oxygen atoms in total. The minimum atomic E-state index is 0.467. The van der Waals surface area contributed by atoms with Gasteiger partial charge in [0.15, 0.2) is 11.4 Å². The van der Waals surface area contributed by atoms with Crippen molar-refractivity contribution in [3.8, 4) is 5.88 Å². The number of allylic oxidation sites excluding steroid dienone is 1. The van der Waals surface area contributed by atoms with Crippen molar-refractivity contribution in [3.63, 3.8) is 0 Å². The van der Waals surface area contributed by atoms with Gasteiger partial charge in [-0.05, 0) is 26.0 Å². The van der Waals surface area contributed by atoms with Crippen LogP contribution in [0.5, 0.6) is 5.88 Å². The van der Waals surface area contributed by atoms with E-state index in [9.17, 15) is 0 Å². The maximum atomic E-state index is 5.31. The van der Waals surface area contributed by atoms with Gasteiger partial charge in [-0.25, -0.2) is 0 Å². The molecule has 2 rings (SSSR count). The van der Waals surface area contributed by atoms with Crippen LogP contribution in [0.1, 0.15) is 19.5 Å². The second kappa shape index (κ2) is 5.53. The second-order valence-corrected chi connectivity index (χ2v) is 4.04. The van der Waals surface area contributed by atoms with Gasteiger partial charge >= 0.3 is 0 Å². The standard InChI is InChI=1S/C14H17N3O2/c1-5-19-11(3)12-6-7-13(14(16-12)18-4)17-8-10(2)15-9-17/h8,15H,3,5,9H2,1-2,4H3. The Bertz CT molecular complexity index is 511. The number of hydrogen-bond donors (Lipinski definition) is 1. The Morgan fingerprint density at radius 3 is 2.95 bits per heavy atom. The number of anilines is 1. The normalized spacial score (nSPS) is 13.4. The Labute approximate surface area is 113 Å². The largest absolute Gasteiger partial charge is 0.492 e. The molecule has 1 N–H and O–H groups in total. The third kappa shape index (κ3) is 2.74. The molecule has 0 saturated carbocycles. The number of aromatic nitrogens is 1. The van der Waals surface area contributed by atoms with E-state index in [-0.39, 0.29) is 0 Å². The maximum Gasteiger partial charge on any atom is 0.248 e. The minimum Gasteiger partial charge on any atom is -0.492 e. The molecule has 0 aliphatic carbocycles. The summed E-state index contributed by atoms with van der Waals surface area (Å²) in [6.07, 6.45) is 1.97. The molecule has 1 aromatic rings. The molecule has 19 heavy (non-hydrogen) atoms. The lowest BCUT2D eigenvalue weighted by Gasteiger charge is -2.15. The number of rotatable bonds is 5. The van der Waals surface area contributed by atoms with Crippen molar-refractivity contribution >= 4 is 11.4 Å². The number of ether oxygens (including phenoxy) is 2. The van der Waals surface area contributed by atoms with Crippen LogP contribution in [0.3, 0.4) is 0 Å². The molecular formula is C14H17N3O2. The molecule has 100 valence electrons. The summed E-state index contributed by atoms with van der Waals surface area (Å²) in [6, 6.07) is 6.00. The Balaban J connectivity index is 2.29. The quantitative estimate of drug-likeness (QED) is 0.819. The molecule has 0 radical (unpaired) electrons. The monoisotopic (exact) mass is 259 g/mol. The summed E-state index contributed by atoms with van der Waals surface area (Å²) in [5.41, 5.74) is 2.33. The molecule has 2 heterocycles. The highest BCUT2D eigenvalue weighted by Gasteiger charge is 2.17. The zero-order chi connectivity index (χ0) is 13.8. The lowest BCUT2D eigenvalue weighted by molar-refractivity contribution is 0.297. The van der Waals surface area contributed by atoms with Crippen molar-refractivity contribution < 1.29 is 9.47 Å². The predicted octanol–water partition coefficient (Wildman–Crippen LogP) is 1.93. The van der Waals surface area contributed by atoms with Crippen LogP contribution in [0.25, 0.3) is 5.76 Å². The fraction of sp³-hybridized carbons (Fsp3) is 0.357. The van der Waals surface area contributed by atoms with Crippen LogP contribution in [0.4, 0.5) is 5.69 Å². The summed E-state index contributed by atoms with van der Waals surface area (Å²) in [5.74, 6) is 0.942. The van der Waals surface area contributed by atoms with Crippen LogP contribution >= 0.6 is 0 Å². The van der Waals surface area contributed by atoms with E-state index in [0.717, 1.165) is 11.4 Å². The van der Waals surface area contributed by atoms with Gasteiger partial charge in [-0.15, -0.1) is 0 Å². The first-order chi connectivity index (χ1) is 9.15. The topological polar surface area (TPSA) is 46.6 Å². The Hall–Kier alpha value is -2.35. The summed E-state index contributed by atoms with van der Waals surface area (Å²) in [4.78, 5) is 6.31. The van der Waals surface area contributed by atoms with Crippen molar-refractivity contribution in [3.05, 3.63) is 36.3 Å². The van der Waals surface area contributed by atoms with E-state index in [2.05, 4.69) is 29.0 Å². The predicted molar refractivity (Wildman–Crippen MR) is 73.4 cm³/mol. The van der Waals surface area contributed by atoms with Crippen molar-refractivity contribution in [1.29, 1.82) is 0 Å². The SMILES string of the molecule is C=C(OCC)c1c#cc(N2C=C(C)NC2)c(OC)n1. The number of nitrogens with zero attached hydrogens (tertiary/aromatic N) is 2. The molecule has 0 atom stereocenters. The fourth-order valence-corrected chi connectivity index (χ4v) is 1.74. The van der Waals surface area contributed by atoms with Gasteiger partial charge in [-0.2, -0.15) is 4.98 Å². The molecule has 0 aromatic carbocycles. The number of nitrogens with one attached hydrogen (secondary N) is 1. The zero-order valence-corrected chi connectivity index (χ0v) is 11.4. The Kier molecular flexibility index (Phi) is 3.81. The molecule has 0 amide bonds. The third-order valence-corrected chi connectivity index (χ3v) is 2.66. The summed E-state index contributed by atoms with van der Waals surface area (Å²) in [7, 11) is 1.58. The molecule has 0 spiro atoms. The van der Waals surface area contributed by atoms with Crippen molar-refractivity contribution in [2.45, 2.75) is 13.8 Å². The molecule has 5 heteroatoms. The lowest BCUT2D eigenvalue weighted by atomic mass is 10.3. The van der Waals surface area contributed by atoms with E-state index < -0.39 is 0 Å². The van der Waals surface area contributed by atoms with Crippen molar-refractivity contribution in [2.24, 2.45) is 0 Å². The van der Waals surface area contributed by atoms with E-state index in [4.69, 9.17) is 9.47 Å². The van der Waals surface area contributed by atoms with Gasteiger partial charge in [0.2, 0.25) is 5.88 Å². The second-order valence-electron chi connectivity index (χ2n) is 4.04. The number of hydrogen-bond acceptors (Lipinski definition) is 5. The average molecular weight is 259 g/mol. The highest BCUT2D eigenvalue weighted by atomic mass is 16.5. The smallest absolute Gasteiger partial charge is 0.248 e. The van der Waals surface area contributed by atoms with Crippen LogP contribution in [-0.2, 0) is 4.74 Å². The van der Waals surface area contributed by atoms with Crippen LogP contribution in [0.2, 0.25) is 0 Å². The molecule has 1 aliphatic rings. The molecule has 1 aromatic heterocycles. The zero-order valence-electron chi connectivity index (χ0n) is 11.4. The number of methoxy groups -OCH3 is 1. The van der Waals surface area contributed by atoms with Crippen LogP contribution in [0.15, 0.2) is 18.5 Å². The van der Waals surface area contributed by atoms with Gasteiger partial charge < -0.3 is 19.7 Å². The Morgan fingerprint density at radius 1 is 1.58 bits per heavy atom. The Morgan fingerprint density at radius 2 is 2.37 bits per heavy atom. The molecule has 0 unspecified atom stereocenters. The van der Waals surface area contributed by atoms with Gasteiger partial charge in [-0.1, -0.05) is 6.58 Å². The van der Waals surface area contributed by atoms with Gasteiger partial charge in [0.05, 0.1) is 20.4 Å². The lowest BCUT2D eigenvalue weighted by Crippen LogP contribution is -2.21. The van der Waals surface area contributed by atoms with E-state index in [1.165, 1.54) is 0 Å². The van der Waals surface area contributed by atoms with E-state index in [1.807, 2.05) is 24.9 Å². The molecule has 0 fully saturated rings. The van der Waals surface area contributed by atoms with Crippen LogP contribution in [-0.4, -0.2) is 25.4 Å². The first kappa shape index (κ1) is 13.1. The van der Waals surface area contributed by atoms with E-state index in [1.54, 1.807) is 7.11 Å². The first-order valence-electron chi connectivity index (χ1n) is 6.05. The van der Waals surface area contributed by atoms with Gasteiger partial charge in [0, 0.05) is 11.9 Å². The van der Waals surface area contributed by atoms with Gasteiger partial charge in [0.1, 0.15) is 5.76 Å². The molecule has 0 bridgehead atoms. The third-order valence-electron chi connectivity index (χ3n) is 2.66. The minimum absolute atomic E-state index is 0.467. The van der Waals surface area contributed by atoms with Gasteiger partial charge in [0.25, 0.3) is 0 Å².